The molecule has 1 amide bonds. The number of amides is 1. The summed E-state index contributed by atoms with van der Waals surface area (Å²) in [5.74, 6) is 0.119. The molecule has 0 unspecified atom stereocenters. The van der Waals surface area contributed by atoms with Crippen LogP contribution in [0.4, 0.5) is 0 Å². The average Bonchev–Trinajstić information content (AvgIpc) is 3.22. The van der Waals surface area contributed by atoms with Gasteiger partial charge in [0.1, 0.15) is 5.76 Å². The zero-order chi connectivity index (χ0) is 20.7. The Morgan fingerprint density at radius 3 is 2.62 bits per heavy atom. The topological polar surface area (TPSA) is 79.6 Å². The predicted molar refractivity (Wildman–Crippen MR) is 112 cm³/mol. The van der Waals surface area contributed by atoms with Crippen molar-refractivity contribution in [1.29, 1.82) is 0 Å². The fourth-order valence-corrected chi connectivity index (χ4v) is 4.76. The number of nitrogens with one attached hydrogen (secondary N) is 1. The van der Waals surface area contributed by atoms with Gasteiger partial charge in [0.2, 0.25) is 15.9 Å². The van der Waals surface area contributed by atoms with Crippen molar-refractivity contribution >= 4 is 27.5 Å². The highest BCUT2D eigenvalue weighted by atomic mass is 35.5. The summed E-state index contributed by atoms with van der Waals surface area (Å²) in [7, 11) is -3.89. The third-order valence-electron chi connectivity index (χ3n) is 4.84. The largest absolute Gasteiger partial charge is 0.468 e. The monoisotopic (exact) mass is 436 g/mol. The minimum absolute atomic E-state index is 0.0312. The molecule has 6 nitrogen and oxygen atoms in total. The molecule has 0 saturated carbocycles. The second-order valence-electron chi connectivity index (χ2n) is 7.01. The number of furan rings is 1. The molecule has 1 N–H and O–H groups in total. The van der Waals surface area contributed by atoms with Crippen LogP contribution in [0.25, 0.3) is 0 Å². The van der Waals surface area contributed by atoms with Crippen molar-refractivity contribution in [3.05, 3.63) is 65.1 Å². The van der Waals surface area contributed by atoms with Gasteiger partial charge in [0.25, 0.3) is 0 Å². The number of nitrogens with zero attached hydrogens (tertiary/aromatic N) is 1. The van der Waals surface area contributed by atoms with Crippen LogP contribution in [-0.2, 0) is 21.4 Å². The van der Waals surface area contributed by atoms with E-state index in [1.54, 1.807) is 12.1 Å². The molecule has 156 valence electrons. The molecular weight excluding hydrogens is 412 g/mol. The number of allylic oxidation sites excluding steroid dienone is 1. The Morgan fingerprint density at radius 2 is 1.97 bits per heavy atom. The zero-order valence-corrected chi connectivity index (χ0v) is 17.7. The van der Waals surface area contributed by atoms with E-state index in [0.29, 0.717) is 17.3 Å². The van der Waals surface area contributed by atoms with Crippen LogP contribution in [0.2, 0.25) is 5.02 Å². The molecule has 1 aliphatic carbocycles. The first-order chi connectivity index (χ1) is 13.9. The van der Waals surface area contributed by atoms with Gasteiger partial charge in [-0.15, -0.1) is 0 Å². The summed E-state index contributed by atoms with van der Waals surface area (Å²) < 4.78 is 32.6. The summed E-state index contributed by atoms with van der Waals surface area (Å²) in [5.41, 5.74) is 1.36. The van der Waals surface area contributed by atoms with Crippen LogP contribution in [0, 0.1) is 0 Å². The Hall–Kier alpha value is -2.09. The van der Waals surface area contributed by atoms with Crippen LogP contribution in [0.15, 0.2) is 63.6 Å². The van der Waals surface area contributed by atoms with Crippen molar-refractivity contribution in [2.24, 2.45) is 0 Å². The Kier molecular flexibility index (Phi) is 7.52. The molecule has 1 aliphatic rings. The molecule has 0 saturated heterocycles. The van der Waals surface area contributed by atoms with Gasteiger partial charge in [-0.2, -0.15) is 4.31 Å². The molecule has 0 atom stereocenters. The maximum Gasteiger partial charge on any atom is 0.243 e. The lowest BCUT2D eigenvalue weighted by Crippen LogP contribution is -2.40. The van der Waals surface area contributed by atoms with Gasteiger partial charge in [0, 0.05) is 11.6 Å². The van der Waals surface area contributed by atoms with Crippen molar-refractivity contribution in [1.82, 2.24) is 9.62 Å². The molecule has 2 aromatic rings. The molecule has 1 heterocycles. The summed E-state index contributed by atoms with van der Waals surface area (Å²) in [5, 5.41) is 3.28. The van der Waals surface area contributed by atoms with Crippen molar-refractivity contribution < 1.29 is 17.6 Å². The van der Waals surface area contributed by atoms with E-state index in [4.69, 9.17) is 16.0 Å². The second kappa shape index (κ2) is 10.1. The highest BCUT2D eigenvalue weighted by Crippen LogP contribution is 2.21. The summed E-state index contributed by atoms with van der Waals surface area (Å²) in [6.07, 6.45) is 9.10. The van der Waals surface area contributed by atoms with Crippen LogP contribution in [0.3, 0.4) is 0 Å². The molecule has 1 aromatic carbocycles. The maximum absolute atomic E-state index is 13.1. The SMILES string of the molecule is O=C(CN(Cc1ccco1)S(=O)(=O)c1ccc(Cl)cc1)NCCC1=CCCCC1. The Balaban J connectivity index is 1.67. The normalized spacial score (nSPS) is 14.6. The first-order valence-electron chi connectivity index (χ1n) is 9.68. The van der Waals surface area contributed by atoms with Crippen LogP contribution in [-0.4, -0.2) is 31.7 Å². The van der Waals surface area contributed by atoms with E-state index < -0.39 is 10.0 Å². The van der Waals surface area contributed by atoms with Gasteiger partial charge in [-0.05, 0) is 68.5 Å². The fraction of sp³-hybridized carbons (Fsp3) is 0.381. The van der Waals surface area contributed by atoms with Gasteiger partial charge in [-0.3, -0.25) is 4.79 Å². The lowest BCUT2D eigenvalue weighted by Gasteiger charge is -2.21. The number of hydrogen-bond donors (Lipinski definition) is 1. The molecule has 0 radical (unpaired) electrons. The number of hydrogen-bond acceptors (Lipinski definition) is 4. The molecule has 0 aliphatic heterocycles. The molecule has 0 fully saturated rings. The molecule has 0 spiro atoms. The van der Waals surface area contributed by atoms with Gasteiger partial charge in [-0.25, -0.2) is 8.42 Å². The molecule has 29 heavy (non-hydrogen) atoms. The first kappa shape index (κ1) is 21.6. The minimum atomic E-state index is -3.89. The number of rotatable bonds is 9. The van der Waals surface area contributed by atoms with Crippen LogP contribution < -0.4 is 5.32 Å². The third-order valence-corrected chi connectivity index (χ3v) is 6.89. The molecular formula is C21H25ClN2O4S. The van der Waals surface area contributed by atoms with Gasteiger partial charge in [0.05, 0.1) is 24.2 Å². The maximum atomic E-state index is 13.1. The van der Waals surface area contributed by atoms with Gasteiger partial charge < -0.3 is 9.73 Å². The van der Waals surface area contributed by atoms with Gasteiger partial charge >= 0.3 is 0 Å². The van der Waals surface area contributed by atoms with E-state index in [0.717, 1.165) is 23.6 Å². The van der Waals surface area contributed by atoms with Crippen LogP contribution >= 0.6 is 11.6 Å². The van der Waals surface area contributed by atoms with Crippen LogP contribution in [0.5, 0.6) is 0 Å². The summed E-state index contributed by atoms with van der Waals surface area (Å²) in [6, 6.07) is 9.24. The Bertz CT molecular complexity index is 938. The second-order valence-corrected chi connectivity index (χ2v) is 9.39. The molecule has 8 heteroatoms. The third kappa shape index (κ3) is 6.19. The van der Waals surface area contributed by atoms with E-state index >= 15 is 0 Å². The number of halogens is 1. The smallest absolute Gasteiger partial charge is 0.243 e. The summed E-state index contributed by atoms with van der Waals surface area (Å²) >= 11 is 5.87. The quantitative estimate of drug-likeness (QED) is 0.599. The van der Waals surface area contributed by atoms with E-state index in [1.807, 2.05) is 0 Å². The standard InChI is InChI=1S/C21H25ClN2O4S/c22-18-8-10-20(11-9-18)29(26,27)24(15-19-7-4-14-28-19)16-21(25)23-13-12-17-5-2-1-3-6-17/h4-5,7-11,14H,1-3,6,12-13,15-16H2,(H,23,25). The molecule has 3 rings (SSSR count). The van der Waals surface area contributed by atoms with Crippen LogP contribution in [0.1, 0.15) is 37.9 Å². The highest BCUT2D eigenvalue weighted by molar-refractivity contribution is 7.89. The van der Waals surface area contributed by atoms with E-state index in [2.05, 4.69) is 11.4 Å². The predicted octanol–water partition coefficient (Wildman–Crippen LogP) is 4.13. The number of carbonyl (C=O) groups excluding carboxylic acids is 1. The average molecular weight is 437 g/mol. The van der Waals surface area contributed by atoms with Gasteiger partial charge in [0.15, 0.2) is 0 Å². The lowest BCUT2D eigenvalue weighted by atomic mass is 9.97. The highest BCUT2D eigenvalue weighted by Gasteiger charge is 2.27. The Morgan fingerprint density at radius 1 is 1.17 bits per heavy atom. The van der Waals surface area contributed by atoms with Crippen molar-refractivity contribution in [3.63, 3.8) is 0 Å². The molecule has 0 bridgehead atoms. The summed E-state index contributed by atoms with van der Waals surface area (Å²) in [6.45, 7) is 0.182. The Labute approximate surface area is 176 Å². The number of carbonyl (C=O) groups is 1. The van der Waals surface area contributed by atoms with Crippen molar-refractivity contribution in [3.8, 4) is 0 Å². The van der Waals surface area contributed by atoms with E-state index in [1.165, 1.54) is 48.9 Å². The summed E-state index contributed by atoms with van der Waals surface area (Å²) in [4.78, 5) is 12.5. The van der Waals surface area contributed by atoms with Crippen molar-refractivity contribution in [2.45, 2.75) is 43.5 Å². The lowest BCUT2D eigenvalue weighted by molar-refractivity contribution is -0.121. The number of sulfonamides is 1. The van der Waals surface area contributed by atoms with Crippen molar-refractivity contribution in [2.75, 3.05) is 13.1 Å². The first-order valence-corrected chi connectivity index (χ1v) is 11.5. The van der Waals surface area contributed by atoms with E-state index in [-0.39, 0.29) is 23.9 Å². The van der Waals surface area contributed by atoms with Gasteiger partial charge in [-0.1, -0.05) is 23.3 Å². The molecule has 1 aromatic heterocycles. The fourth-order valence-electron chi connectivity index (χ4n) is 3.27. The zero-order valence-electron chi connectivity index (χ0n) is 16.1. The van der Waals surface area contributed by atoms with E-state index in [9.17, 15) is 13.2 Å². The number of benzene rings is 1. The minimum Gasteiger partial charge on any atom is -0.468 e.